The summed E-state index contributed by atoms with van der Waals surface area (Å²) in [5, 5.41) is 13.9. The number of aromatic amines is 1. The average Bonchev–Trinajstić information content (AvgIpc) is 3.40. The number of anilines is 1. The van der Waals surface area contributed by atoms with Gasteiger partial charge in [0.1, 0.15) is 29.6 Å². The molecule has 3 aromatic carbocycles. The second-order valence-corrected chi connectivity index (χ2v) is 9.63. The van der Waals surface area contributed by atoms with E-state index < -0.39 is 12.2 Å². The summed E-state index contributed by atoms with van der Waals surface area (Å²) in [4.78, 5) is 17.0. The van der Waals surface area contributed by atoms with E-state index in [-0.39, 0.29) is 5.41 Å². The van der Waals surface area contributed by atoms with Gasteiger partial charge in [-0.15, -0.1) is 0 Å². The minimum absolute atomic E-state index is 0.0352. The standard InChI is InChI=1S/C30H27N5O3/c1-19-26(33-29(36)37-20(2)21-6-4-3-5-7-21)27(38-35-19)24-10-8-22(9-11-24)23-12-14-25(15-13-23)30(16-17-30)28-31-18-32-34-28/h3-15,18,20H,16-17H2,1-2H3,(H,33,36)(H,31,32,34)/t20-/m1/s1. The van der Waals surface area contributed by atoms with E-state index >= 15 is 0 Å². The smallest absolute Gasteiger partial charge is 0.412 e. The molecule has 1 aliphatic carbocycles. The summed E-state index contributed by atoms with van der Waals surface area (Å²) in [7, 11) is 0. The Morgan fingerprint density at radius 3 is 2.26 bits per heavy atom. The van der Waals surface area contributed by atoms with Gasteiger partial charge < -0.3 is 9.26 Å². The minimum Gasteiger partial charge on any atom is -0.441 e. The maximum Gasteiger partial charge on any atom is 0.412 e. The molecule has 1 saturated carbocycles. The molecule has 0 radical (unpaired) electrons. The van der Waals surface area contributed by atoms with Gasteiger partial charge in [-0.1, -0.05) is 84.0 Å². The number of benzene rings is 3. The molecular weight excluding hydrogens is 478 g/mol. The van der Waals surface area contributed by atoms with Gasteiger partial charge in [0.05, 0.1) is 5.41 Å². The van der Waals surface area contributed by atoms with Crippen molar-refractivity contribution < 1.29 is 14.1 Å². The Morgan fingerprint density at radius 2 is 1.63 bits per heavy atom. The van der Waals surface area contributed by atoms with Crippen LogP contribution < -0.4 is 5.32 Å². The molecule has 6 rings (SSSR count). The third kappa shape index (κ3) is 4.45. The Bertz CT molecular complexity index is 1540. The summed E-state index contributed by atoms with van der Waals surface area (Å²) in [6.07, 6.45) is 2.75. The van der Waals surface area contributed by atoms with Crippen molar-refractivity contribution in [1.82, 2.24) is 20.3 Å². The maximum atomic E-state index is 12.6. The van der Waals surface area contributed by atoms with E-state index in [2.05, 4.69) is 49.9 Å². The van der Waals surface area contributed by atoms with Gasteiger partial charge in [0.15, 0.2) is 5.76 Å². The van der Waals surface area contributed by atoms with Crippen LogP contribution in [0, 0.1) is 6.92 Å². The lowest BCUT2D eigenvalue weighted by Crippen LogP contribution is -2.16. The molecule has 1 amide bonds. The van der Waals surface area contributed by atoms with E-state index in [4.69, 9.17) is 9.26 Å². The molecule has 0 aliphatic heterocycles. The van der Waals surface area contributed by atoms with Crippen molar-refractivity contribution in [3.05, 3.63) is 108 Å². The molecule has 8 nitrogen and oxygen atoms in total. The lowest BCUT2D eigenvalue weighted by molar-refractivity contribution is 0.121. The third-order valence-electron chi connectivity index (χ3n) is 7.18. The van der Waals surface area contributed by atoms with E-state index in [1.807, 2.05) is 61.5 Å². The van der Waals surface area contributed by atoms with E-state index in [0.29, 0.717) is 17.1 Å². The fraction of sp³-hybridized carbons (Fsp3) is 0.200. The van der Waals surface area contributed by atoms with Crippen molar-refractivity contribution >= 4 is 11.8 Å². The maximum absolute atomic E-state index is 12.6. The van der Waals surface area contributed by atoms with E-state index in [0.717, 1.165) is 40.9 Å². The zero-order valence-corrected chi connectivity index (χ0v) is 21.1. The number of nitrogens with one attached hydrogen (secondary N) is 2. The van der Waals surface area contributed by atoms with Crippen molar-refractivity contribution in [3.8, 4) is 22.5 Å². The Balaban J connectivity index is 1.17. The first kappa shape index (κ1) is 23.7. The first-order valence-electron chi connectivity index (χ1n) is 12.6. The Morgan fingerprint density at radius 1 is 0.974 bits per heavy atom. The normalized spacial score (nSPS) is 14.6. The molecular formula is C30H27N5O3. The van der Waals surface area contributed by atoms with Crippen LogP contribution in [0.3, 0.4) is 0 Å². The number of hydrogen-bond donors (Lipinski definition) is 2. The first-order chi connectivity index (χ1) is 18.5. The van der Waals surface area contributed by atoms with Gasteiger partial charge in [-0.25, -0.2) is 9.78 Å². The van der Waals surface area contributed by atoms with Crippen LogP contribution in [-0.4, -0.2) is 26.4 Å². The third-order valence-corrected chi connectivity index (χ3v) is 7.18. The number of ether oxygens (including phenoxy) is 1. The largest absolute Gasteiger partial charge is 0.441 e. The Labute approximate surface area is 220 Å². The predicted octanol–water partition coefficient (Wildman–Crippen LogP) is 6.82. The topological polar surface area (TPSA) is 106 Å². The van der Waals surface area contributed by atoms with E-state index in [1.165, 1.54) is 5.56 Å². The van der Waals surface area contributed by atoms with Crippen molar-refractivity contribution in [2.45, 2.75) is 38.2 Å². The number of carbonyl (C=O) groups is 1. The van der Waals surface area contributed by atoms with Gasteiger partial charge >= 0.3 is 6.09 Å². The molecule has 5 aromatic rings. The number of H-pyrrole nitrogens is 1. The Kier molecular flexibility index (Phi) is 5.99. The van der Waals surface area contributed by atoms with Crippen LogP contribution >= 0.6 is 0 Å². The first-order valence-corrected chi connectivity index (χ1v) is 12.6. The van der Waals surface area contributed by atoms with E-state index in [9.17, 15) is 4.79 Å². The quantitative estimate of drug-likeness (QED) is 0.251. The molecule has 1 atom stereocenters. The molecule has 1 fully saturated rings. The molecule has 190 valence electrons. The van der Waals surface area contributed by atoms with Crippen molar-refractivity contribution in [3.63, 3.8) is 0 Å². The molecule has 2 N–H and O–H groups in total. The van der Waals surface area contributed by atoms with Crippen LogP contribution in [0.2, 0.25) is 0 Å². The number of aromatic nitrogens is 4. The minimum atomic E-state index is -0.565. The molecule has 0 unspecified atom stereocenters. The summed E-state index contributed by atoms with van der Waals surface area (Å²) in [6.45, 7) is 3.62. The highest BCUT2D eigenvalue weighted by atomic mass is 16.6. The second kappa shape index (κ2) is 9.63. The van der Waals surface area contributed by atoms with Gasteiger partial charge in [-0.05, 0) is 48.9 Å². The summed E-state index contributed by atoms with van der Waals surface area (Å²) < 4.78 is 11.1. The zero-order valence-electron chi connectivity index (χ0n) is 21.1. The van der Waals surface area contributed by atoms with Crippen molar-refractivity contribution in [2.75, 3.05) is 5.32 Å². The van der Waals surface area contributed by atoms with Crippen LogP contribution in [-0.2, 0) is 10.2 Å². The average molecular weight is 506 g/mol. The van der Waals surface area contributed by atoms with Gasteiger partial charge in [-0.3, -0.25) is 10.4 Å². The van der Waals surface area contributed by atoms with Gasteiger partial charge in [0.2, 0.25) is 0 Å². The fourth-order valence-electron chi connectivity index (χ4n) is 4.82. The number of hydrogen-bond acceptors (Lipinski definition) is 6. The van der Waals surface area contributed by atoms with Crippen LogP contribution in [0.4, 0.5) is 10.5 Å². The monoisotopic (exact) mass is 505 g/mol. The highest BCUT2D eigenvalue weighted by Crippen LogP contribution is 2.52. The van der Waals surface area contributed by atoms with Crippen LogP contribution in [0.5, 0.6) is 0 Å². The lowest BCUT2D eigenvalue weighted by atomic mass is 9.93. The number of amides is 1. The highest BCUT2D eigenvalue weighted by molar-refractivity contribution is 5.91. The molecule has 1 aliphatic rings. The van der Waals surface area contributed by atoms with E-state index in [1.54, 1.807) is 13.3 Å². The van der Waals surface area contributed by atoms with Gasteiger partial charge in [-0.2, -0.15) is 5.10 Å². The molecule has 0 saturated heterocycles. The number of aryl methyl sites for hydroxylation is 1. The highest BCUT2D eigenvalue weighted by Gasteiger charge is 2.48. The van der Waals surface area contributed by atoms with Gasteiger partial charge in [0.25, 0.3) is 0 Å². The molecule has 0 bridgehead atoms. The zero-order chi connectivity index (χ0) is 26.1. The summed E-state index contributed by atoms with van der Waals surface area (Å²) in [5.41, 5.74) is 6.19. The number of nitrogens with zero attached hydrogens (tertiary/aromatic N) is 3. The Hall–Kier alpha value is -4.72. The molecule has 8 heteroatoms. The summed E-state index contributed by atoms with van der Waals surface area (Å²) >= 11 is 0. The molecule has 2 heterocycles. The predicted molar refractivity (Wildman–Crippen MR) is 143 cm³/mol. The second-order valence-electron chi connectivity index (χ2n) is 9.63. The van der Waals surface area contributed by atoms with Crippen molar-refractivity contribution in [2.24, 2.45) is 0 Å². The lowest BCUT2D eigenvalue weighted by Gasteiger charge is -2.14. The fourth-order valence-corrected chi connectivity index (χ4v) is 4.82. The summed E-state index contributed by atoms with van der Waals surface area (Å²) in [6, 6.07) is 26.2. The van der Waals surface area contributed by atoms with Crippen molar-refractivity contribution in [1.29, 1.82) is 0 Å². The number of carbonyl (C=O) groups excluding carboxylic acids is 1. The van der Waals surface area contributed by atoms with Gasteiger partial charge in [0, 0.05) is 5.56 Å². The summed E-state index contributed by atoms with van der Waals surface area (Å²) in [5.74, 6) is 1.41. The van der Waals surface area contributed by atoms with Crippen LogP contribution in [0.15, 0.2) is 89.7 Å². The molecule has 0 spiro atoms. The van der Waals surface area contributed by atoms with Crippen LogP contribution in [0.25, 0.3) is 22.5 Å². The SMILES string of the molecule is Cc1noc(-c2ccc(-c3ccc(C4(c5ncn[nH]5)CC4)cc3)cc2)c1NC(=O)O[C@H](C)c1ccccc1. The number of rotatable bonds is 7. The van der Waals surface area contributed by atoms with Crippen LogP contribution in [0.1, 0.15) is 48.5 Å². The molecule has 38 heavy (non-hydrogen) atoms. The molecule has 2 aromatic heterocycles.